The van der Waals surface area contributed by atoms with Gasteiger partial charge in [-0.1, -0.05) is 103 Å². The number of rotatable bonds is 17. The minimum Gasteiger partial charge on any atom is -0.305 e. The molecule has 0 saturated heterocycles. The first-order valence-electron chi connectivity index (χ1n) is 9.73. The van der Waals surface area contributed by atoms with Crippen LogP contribution in [0.5, 0.6) is 0 Å². The molecule has 134 valence electrons. The second-order valence-electron chi connectivity index (χ2n) is 6.17. The van der Waals surface area contributed by atoms with E-state index in [1.165, 1.54) is 96.3 Å². The Morgan fingerprint density at radius 2 is 0.818 bits per heavy atom. The van der Waals surface area contributed by atoms with Crippen LogP contribution in [0.3, 0.4) is 0 Å². The topological polar surface area (TPSA) is 35.2 Å². The smallest absolute Gasteiger partial charge is 0.0679 e. The Labute approximate surface area is 140 Å². The third-order valence-electron chi connectivity index (χ3n) is 4.12. The lowest BCUT2D eigenvalue weighted by Crippen LogP contribution is -2.00. The second-order valence-corrected chi connectivity index (χ2v) is 6.17. The van der Waals surface area contributed by atoms with Gasteiger partial charge in [0, 0.05) is 0 Å². The Kier molecular flexibility index (Phi) is 27.8. The van der Waals surface area contributed by atoms with E-state index in [9.17, 15) is 0 Å². The normalized spacial score (nSPS) is 10.3. The average molecular weight is 314 g/mol. The third-order valence-corrected chi connectivity index (χ3v) is 4.12. The number of hydrogen-bond acceptors (Lipinski definition) is 2. The van der Waals surface area contributed by atoms with E-state index >= 15 is 0 Å². The van der Waals surface area contributed by atoms with Gasteiger partial charge >= 0.3 is 0 Å². The highest BCUT2D eigenvalue weighted by atomic mass is 16.6. The highest BCUT2D eigenvalue weighted by molar-refractivity contribution is 4.49. The summed E-state index contributed by atoms with van der Waals surface area (Å²) in [6.07, 6.45) is 22.4. The molecule has 0 fully saturated rings. The highest BCUT2D eigenvalue weighted by Crippen LogP contribution is 2.13. The zero-order chi connectivity index (χ0) is 16.7. The Bertz CT molecular complexity index is 155. The van der Waals surface area contributed by atoms with Crippen LogP contribution in [0, 0.1) is 0 Å². The fourth-order valence-corrected chi connectivity index (χ4v) is 2.73. The molecule has 2 nitrogen and oxygen atoms in total. The molecule has 0 amide bonds. The molecule has 0 unspecified atom stereocenters. The van der Waals surface area contributed by atoms with E-state index in [2.05, 4.69) is 24.9 Å². The Morgan fingerprint density at radius 1 is 0.545 bits per heavy atom. The van der Waals surface area contributed by atoms with Crippen molar-refractivity contribution >= 4 is 0 Å². The Hall–Kier alpha value is -0.340. The van der Waals surface area contributed by atoms with Crippen LogP contribution in [0.25, 0.3) is 0 Å². The SMILES string of the molecule is C=C.CCCCCCCCCCCCCCCCCCON. The first-order valence-corrected chi connectivity index (χ1v) is 9.73. The molecule has 0 heterocycles. The summed E-state index contributed by atoms with van der Waals surface area (Å²) in [5.41, 5.74) is 0. The van der Waals surface area contributed by atoms with E-state index in [0.29, 0.717) is 0 Å². The van der Waals surface area contributed by atoms with E-state index in [0.717, 1.165) is 13.0 Å². The largest absolute Gasteiger partial charge is 0.305 e. The maximum absolute atomic E-state index is 4.99. The van der Waals surface area contributed by atoms with Crippen LogP contribution in [-0.4, -0.2) is 6.61 Å². The summed E-state index contributed by atoms with van der Waals surface area (Å²) in [7, 11) is 0. The molecule has 0 radical (unpaired) electrons. The van der Waals surface area contributed by atoms with Crippen molar-refractivity contribution in [3.8, 4) is 0 Å². The standard InChI is InChI=1S/C18H39NO.C2H4/c1-2-3-4-5-6-7-8-9-10-11-12-13-14-15-16-17-18-20-19;1-2/h2-19H2,1H3;1-2H2. The van der Waals surface area contributed by atoms with E-state index in [1.54, 1.807) is 0 Å². The Balaban J connectivity index is 0. The minimum absolute atomic E-state index is 0.721. The van der Waals surface area contributed by atoms with Crippen LogP contribution in [-0.2, 0) is 4.84 Å². The monoisotopic (exact) mass is 313 g/mol. The maximum atomic E-state index is 4.99. The highest BCUT2D eigenvalue weighted by Gasteiger charge is 1.94. The summed E-state index contributed by atoms with van der Waals surface area (Å²) < 4.78 is 0. The number of nitrogens with two attached hydrogens (primary N) is 1. The van der Waals surface area contributed by atoms with Crippen molar-refractivity contribution < 1.29 is 4.84 Å². The molecule has 0 aromatic rings. The molecule has 0 saturated carbocycles. The van der Waals surface area contributed by atoms with Gasteiger partial charge in [0.05, 0.1) is 6.61 Å². The van der Waals surface area contributed by atoms with Crippen molar-refractivity contribution in [1.29, 1.82) is 0 Å². The predicted molar refractivity (Wildman–Crippen MR) is 101 cm³/mol. The van der Waals surface area contributed by atoms with E-state index in [4.69, 9.17) is 5.90 Å². The molecule has 0 aliphatic carbocycles. The van der Waals surface area contributed by atoms with Crippen LogP contribution in [0.2, 0.25) is 0 Å². The van der Waals surface area contributed by atoms with Crippen molar-refractivity contribution in [3.63, 3.8) is 0 Å². The molecular weight excluding hydrogens is 270 g/mol. The molecule has 2 heteroatoms. The van der Waals surface area contributed by atoms with Gasteiger partial charge in [-0.15, -0.1) is 13.2 Å². The number of hydrogen-bond donors (Lipinski definition) is 1. The lowest BCUT2D eigenvalue weighted by Gasteiger charge is -2.03. The van der Waals surface area contributed by atoms with Crippen molar-refractivity contribution in [2.75, 3.05) is 6.61 Å². The van der Waals surface area contributed by atoms with Gasteiger partial charge in [-0.25, -0.2) is 5.90 Å². The first kappa shape index (κ1) is 23.9. The molecule has 0 aromatic heterocycles. The van der Waals surface area contributed by atoms with Gasteiger partial charge in [0.25, 0.3) is 0 Å². The summed E-state index contributed by atoms with van der Waals surface area (Å²) in [5.74, 6) is 4.99. The van der Waals surface area contributed by atoms with E-state index in [1.807, 2.05) is 0 Å². The van der Waals surface area contributed by atoms with Gasteiger partial charge in [-0.3, -0.25) is 0 Å². The maximum Gasteiger partial charge on any atom is 0.0679 e. The lowest BCUT2D eigenvalue weighted by molar-refractivity contribution is 0.133. The minimum atomic E-state index is 0.721. The summed E-state index contributed by atoms with van der Waals surface area (Å²) in [6.45, 7) is 9.01. The molecule has 2 N–H and O–H groups in total. The van der Waals surface area contributed by atoms with Crippen LogP contribution < -0.4 is 5.90 Å². The fourth-order valence-electron chi connectivity index (χ4n) is 2.73. The summed E-state index contributed by atoms with van der Waals surface area (Å²) in [4.78, 5) is 4.56. The van der Waals surface area contributed by atoms with E-state index < -0.39 is 0 Å². The summed E-state index contributed by atoms with van der Waals surface area (Å²) >= 11 is 0. The van der Waals surface area contributed by atoms with Crippen molar-refractivity contribution in [1.82, 2.24) is 0 Å². The Morgan fingerprint density at radius 3 is 1.09 bits per heavy atom. The zero-order valence-corrected chi connectivity index (χ0v) is 15.4. The molecule has 0 bridgehead atoms. The van der Waals surface area contributed by atoms with Crippen molar-refractivity contribution in [3.05, 3.63) is 13.2 Å². The van der Waals surface area contributed by atoms with Gasteiger partial charge in [-0.05, 0) is 6.42 Å². The van der Waals surface area contributed by atoms with Crippen LogP contribution in [0.1, 0.15) is 110 Å². The average Bonchev–Trinajstić information content (AvgIpc) is 2.56. The molecular formula is C20H43NO. The molecule has 0 atom stereocenters. The molecule has 22 heavy (non-hydrogen) atoms. The lowest BCUT2D eigenvalue weighted by atomic mass is 10.0. The van der Waals surface area contributed by atoms with Crippen LogP contribution in [0.15, 0.2) is 13.2 Å². The predicted octanol–water partition coefficient (Wildman–Crippen LogP) is 6.94. The summed E-state index contributed by atoms with van der Waals surface area (Å²) in [6, 6.07) is 0. The molecule has 0 aliphatic heterocycles. The van der Waals surface area contributed by atoms with Crippen molar-refractivity contribution in [2.45, 2.75) is 110 Å². The summed E-state index contributed by atoms with van der Waals surface area (Å²) in [5, 5.41) is 0. The third kappa shape index (κ3) is 24.7. The van der Waals surface area contributed by atoms with Gasteiger partial charge in [0.1, 0.15) is 0 Å². The fraction of sp³-hybridized carbons (Fsp3) is 0.900. The molecule has 0 spiro atoms. The van der Waals surface area contributed by atoms with Gasteiger partial charge in [-0.2, -0.15) is 0 Å². The zero-order valence-electron chi connectivity index (χ0n) is 15.4. The van der Waals surface area contributed by atoms with Gasteiger partial charge in [0.2, 0.25) is 0 Å². The van der Waals surface area contributed by atoms with Gasteiger partial charge < -0.3 is 4.84 Å². The van der Waals surface area contributed by atoms with Crippen LogP contribution in [0.4, 0.5) is 0 Å². The molecule has 0 aromatic carbocycles. The van der Waals surface area contributed by atoms with E-state index in [-0.39, 0.29) is 0 Å². The van der Waals surface area contributed by atoms with Crippen LogP contribution >= 0.6 is 0 Å². The van der Waals surface area contributed by atoms with Crippen molar-refractivity contribution in [2.24, 2.45) is 5.90 Å². The first-order chi connectivity index (χ1) is 10.9. The molecule has 0 rings (SSSR count). The molecule has 0 aliphatic rings. The quantitative estimate of drug-likeness (QED) is 0.179. The van der Waals surface area contributed by atoms with Gasteiger partial charge in [0.15, 0.2) is 0 Å². The second kappa shape index (κ2) is 25.6. The number of unbranched alkanes of at least 4 members (excludes halogenated alkanes) is 15.